The SMILES string of the molecule is CCNC(=NCCCc1nc(C(C)C)no1)N1CCC(=Cc2ccccc2)CC1. The number of nitrogens with one attached hydrogen (secondary N) is 1. The van der Waals surface area contributed by atoms with Crippen LogP contribution >= 0.6 is 0 Å². The summed E-state index contributed by atoms with van der Waals surface area (Å²) in [6, 6.07) is 10.6. The molecule has 0 spiro atoms. The first-order valence-corrected chi connectivity index (χ1v) is 10.8. The van der Waals surface area contributed by atoms with Gasteiger partial charge < -0.3 is 14.7 Å². The third kappa shape index (κ3) is 6.44. The molecule has 1 aliphatic heterocycles. The van der Waals surface area contributed by atoms with E-state index in [4.69, 9.17) is 9.52 Å². The van der Waals surface area contributed by atoms with E-state index in [1.807, 2.05) is 0 Å². The van der Waals surface area contributed by atoms with Gasteiger partial charge in [-0.25, -0.2) is 0 Å². The molecule has 0 unspecified atom stereocenters. The zero-order chi connectivity index (χ0) is 20.5. The van der Waals surface area contributed by atoms with Gasteiger partial charge in [-0.1, -0.05) is 61.0 Å². The molecule has 0 amide bonds. The summed E-state index contributed by atoms with van der Waals surface area (Å²) in [5, 5.41) is 7.46. The summed E-state index contributed by atoms with van der Waals surface area (Å²) in [6.45, 7) is 9.90. The Morgan fingerprint density at radius 3 is 2.66 bits per heavy atom. The number of nitrogens with zero attached hydrogens (tertiary/aromatic N) is 4. The summed E-state index contributed by atoms with van der Waals surface area (Å²) in [5.74, 6) is 2.80. The van der Waals surface area contributed by atoms with E-state index in [0.29, 0.717) is 11.8 Å². The van der Waals surface area contributed by atoms with Crippen molar-refractivity contribution in [3.8, 4) is 0 Å². The van der Waals surface area contributed by atoms with Crippen molar-refractivity contribution in [3.63, 3.8) is 0 Å². The molecule has 1 saturated heterocycles. The second-order valence-corrected chi connectivity index (χ2v) is 7.74. The highest BCUT2D eigenvalue weighted by Crippen LogP contribution is 2.19. The van der Waals surface area contributed by atoms with Crippen molar-refractivity contribution in [2.24, 2.45) is 4.99 Å². The maximum atomic E-state index is 5.32. The smallest absolute Gasteiger partial charge is 0.226 e. The summed E-state index contributed by atoms with van der Waals surface area (Å²) in [4.78, 5) is 11.6. The number of aryl methyl sites for hydroxylation is 1. The van der Waals surface area contributed by atoms with Crippen LogP contribution in [0.2, 0.25) is 0 Å². The molecule has 2 aromatic rings. The van der Waals surface area contributed by atoms with Crippen LogP contribution in [0, 0.1) is 0 Å². The van der Waals surface area contributed by atoms with Crippen LogP contribution in [0.3, 0.4) is 0 Å². The van der Waals surface area contributed by atoms with E-state index in [0.717, 1.165) is 63.6 Å². The van der Waals surface area contributed by atoms with Crippen LogP contribution in [-0.2, 0) is 6.42 Å². The first-order valence-electron chi connectivity index (χ1n) is 10.8. The molecular weight excluding hydrogens is 362 g/mol. The van der Waals surface area contributed by atoms with Gasteiger partial charge in [-0.3, -0.25) is 4.99 Å². The number of guanidine groups is 1. The fourth-order valence-corrected chi connectivity index (χ4v) is 3.38. The number of aromatic nitrogens is 2. The number of piperidine rings is 1. The number of hydrogen-bond acceptors (Lipinski definition) is 4. The molecule has 29 heavy (non-hydrogen) atoms. The maximum absolute atomic E-state index is 5.32. The zero-order valence-corrected chi connectivity index (χ0v) is 17.9. The number of rotatable bonds is 7. The van der Waals surface area contributed by atoms with Crippen molar-refractivity contribution in [2.75, 3.05) is 26.2 Å². The minimum absolute atomic E-state index is 0.297. The summed E-state index contributed by atoms with van der Waals surface area (Å²) < 4.78 is 5.32. The van der Waals surface area contributed by atoms with Gasteiger partial charge in [0.1, 0.15) is 0 Å². The Hall–Kier alpha value is -2.63. The zero-order valence-electron chi connectivity index (χ0n) is 17.9. The van der Waals surface area contributed by atoms with Gasteiger partial charge in [0.25, 0.3) is 0 Å². The van der Waals surface area contributed by atoms with Crippen LogP contribution in [0.4, 0.5) is 0 Å². The van der Waals surface area contributed by atoms with Gasteiger partial charge in [0.05, 0.1) is 0 Å². The molecule has 1 aliphatic rings. The average Bonchev–Trinajstić information content (AvgIpc) is 3.21. The highest BCUT2D eigenvalue weighted by molar-refractivity contribution is 5.80. The third-order valence-electron chi connectivity index (χ3n) is 5.02. The monoisotopic (exact) mass is 395 g/mol. The van der Waals surface area contributed by atoms with Gasteiger partial charge in [0.15, 0.2) is 11.8 Å². The van der Waals surface area contributed by atoms with Gasteiger partial charge in [0, 0.05) is 38.5 Å². The number of aliphatic imine (C=N–C) groups is 1. The molecule has 0 saturated carbocycles. The molecule has 6 nitrogen and oxygen atoms in total. The lowest BCUT2D eigenvalue weighted by Gasteiger charge is -2.31. The molecule has 1 aromatic carbocycles. The Labute approximate surface area is 174 Å². The summed E-state index contributed by atoms with van der Waals surface area (Å²) >= 11 is 0. The van der Waals surface area contributed by atoms with E-state index in [-0.39, 0.29) is 0 Å². The Balaban J connectivity index is 1.49. The van der Waals surface area contributed by atoms with E-state index >= 15 is 0 Å². The Morgan fingerprint density at radius 2 is 2.00 bits per heavy atom. The van der Waals surface area contributed by atoms with E-state index in [9.17, 15) is 0 Å². The fraction of sp³-hybridized carbons (Fsp3) is 0.522. The predicted molar refractivity (Wildman–Crippen MR) is 118 cm³/mol. The number of hydrogen-bond donors (Lipinski definition) is 1. The normalized spacial score (nSPS) is 15.1. The molecule has 0 atom stereocenters. The van der Waals surface area contributed by atoms with Crippen molar-refractivity contribution >= 4 is 12.0 Å². The molecule has 0 radical (unpaired) electrons. The quantitative estimate of drug-likeness (QED) is 0.431. The van der Waals surface area contributed by atoms with Gasteiger partial charge in [0.2, 0.25) is 5.89 Å². The number of benzene rings is 1. The van der Waals surface area contributed by atoms with Gasteiger partial charge in [-0.15, -0.1) is 0 Å². The van der Waals surface area contributed by atoms with Crippen molar-refractivity contribution in [3.05, 3.63) is 53.2 Å². The van der Waals surface area contributed by atoms with Crippen molar-refractivity contribution in [2.45, 2.75) is 52.4 Å². The lowest BCUT2D eigenvalue weighted by atomic mass is 10.0. The Bertz CT molecular complexity index is 800. The molecule has 156 valence electrons. The number of likely N-dealkylation sites (tertiary alicyclic amines) is 1. The molecular formula is C23H33N5O. The molecule has 0 bridgehead atoms. The lowest BCUT2D eigenvalue weighted by molar-refractivity contribution is 0.367. The highest BCUT2D eigenvalue weighted by atomic mass is 16.5. The van der Waals surface area contributed by atoms with E-state index < -0.39 is 0 Å². The maximum Gasteiger partial charge on any atom is 0.226 e. The Morgan fingerprint density at radius 1 is 1.24 bits per heavy atom. The molecule has 1 N–H and O–H groups in total. The molecule has 1 aromatic heterocycles. The molecule has 3 rings (SSSR count). The highest BCUT2D eigenvalue weighted by Gasteiger charge is 2.17. The van der Waals surface area contributed by atoms with Crippen LogP contribution in [0.5, 0.6) is 0 Å². The molecule has 0 aliphatic carbocycles. The largest absolute Gasteiger partial charge is 0.357 e. The lowest BCUT2D eigenvalue weighted by Crippen LogP contribution is -2.44. The first-order chi connectivity index (χ1) is 14.2. The second kappa shape index (κ2) is 10.8. The predicted octanol–water partition coefficient (Wildman–Crippen LogP) is 4.27. The van der Waals surface area contributed by atoms with Gasteiger partial charge in [-0.2, -0.15) is 4.98 Å². The van der Waals surface area contributed by atoms with Crippen LogP contribution in [0.1, 0.15) is 63.2 Å². The summed E-state index contributed by atoms with van der Waals surface area (Å²) in [6.07, 6.45) is 6.17. The van der Waals surface area contributed by atoms with Crippen LogP contribution in [0.15, 0.2) is 45.4 Å². The Kier molecular flexibility index (Phi) is 7.85. The minimum atomic E-state index is 0.297. The summed E-state index contributed by atoms with van der Waals surface area (Å²) in [7, 11) is 0. The molecule has 6 heteroatoms. The second-order valence-electron chi connectivity index (χ2n) is 7.74. The standard InChI is InChI=1S/C23H33N5O/c1-4-24-23(25-14-8-11-21-26-22(18(2)3)27-29-21)28-15-12-20(13-16-28)17-19-9-6-5-7-10-19/h5-7,9-10,17-18H,4,8,11-16H2,1-3H3,(H,24,25). The van der Waals surface area contributed by atoms with Crippen LogP contribution in [0.25, 0.3) is 6.08 Å². The van der Waals surface area contributed by atoms with E-state index in [2.05, 4.69) is 77.5 Å². The van der Waals surface area contributed by atoms with E-state index in [1.165, 1.54) is 11.1 Å². The molecule has 2 heterocycles. The third-order valence-corrected chi connectivity index (χ3v) is 5.02. The average molecular weight is 396 g/mol. The topological polar surface area (TPSA) is 66.5 Å². The van der Waals surface area contributed by atoms with Crippen LogP contribution in [-0.4, -0.2) is 47.2 Å². The summed E-state index contributed by atoms with van der Waals surface area (Å²) in [5.41, 5.74) is 2.80. The van der Waals surface area contributed by atoms with E-state index in [1.54, 1.807) is 0 Å². The van der Waals surface area contributed by atoms with Crippen molar-refractivity contribution in [1.82, 2.24) is 20.4 Å². The fourth-order valence-electron chi connectivity index (χ4n) is 3.38. The van der Waals surface area contributed by atoms with Crippen molar-refractivity contribution < 1.29 is 4.52 Å². The first kappa shape index (κ1) is 21.1. The van der Waals surface area contributed by atoms with Gasteiger partial charge in [-0.05, 0) is 31.7 Å². The van der Waals surface area contributed by atoms with Gasteiger partial charge >= 0.3 is 0 Å². The van der Waals surface area contributed by atoms with Crippen molar-refractivity contribution in [1.29, 1.82) is 0 Å². The molecule has 1 fully saturated rings. The minimum Gasteiger partial charge on any atom is -0.357 e. The van der Waals surface area contributed by atoms with Crippen LogP contribution < -0.4 is 5.32 Å².